The van der Waals surface area contributed by atoms with Gasteiger partial charge < -0.3 is 45.0 Å². The molecule has 4 N–H and O–H groups in total. The van der Waals surface area contributed by atoms with Crippen LogP contribution in [0.15, 0.2) is 186 Å². The first-order valence-corrected chi connectivity index (χ1v) is 34.7. The zero-order valence-corrected chi connectivity index (χ0v) is 70.5. The predicted molar refractivity (Wildman–Crippen MR) is 429 cm³/mol. The molecule has 7 aromatic carbocycles. The number of rotatable bonds is 15. The molecule has 0 bridgehead atoms. The number of aryl methyl sites for hydroxylation is 4. The van der Waals surface area contributed by atoms with E-state index in [9.17, 15) is 35.4 Å². The van der Waals surface area contributed by atoms with Crippen LogP contribution < -0.4 is 96.4 Å². The van der Waals surface area contributed by atoms with Crippen LogP contribution in [0, 0.1) is 94.1 Å². The Labute approximate surface area is 708 Å². The average Bonchev–Trinajstić information content (AvgIpc) is 0.836. The summed E-state index contributed by atoms with van der Waals surface area (Å²) in [4.78, 5) is 64.4. The number of aromatic nitrogens is 8. The molecule has 0 aliphatic carbocycles. The van der Waals surface area contributed by atoms with Gasteiger partial charge in [-0.25, -0.2) is 39.9 Å². The van der Waals surface area contributed by atoms with Crippen LogP contribution in [0.3, 0.4) is 0 Å². The van der Waals surface area contributed by atoms with Crippen molar-refractivity contribution < 1.29 is 99.7 Å². The molecular formula is C81H79Br2ClKN13O13. The van der Waals surface area contributed by atoms with Crippen LogP contribution >= 0.6 is 43.5 Å². The number of nitro groups is 3. The second kappa shape index (κ2) is 47.1. The number of hydrogen-bond donors (Lipinski definition) is 2. The molecule has 0 unspecified atom stereocenters. The van der Waals surface area contributed by atoms with Gasteiger partial charge in [0, 0.05) is 139 Å². The Balaban J connectivity index is 0.000000291. The summed E-state index contributed by atoms with van der Waals surface area (Å²) in [6.07, 6.45) is 19.6. The maximum Gasteiger partial charge on any atom is 1.00 e. The second-order valence-corrected chi connectivity index (χ2v) is 26.1. The van der Waals surface area contributed by atoms with Crippen LogP contribution in [0.5, 0.6) is 34.5 Å². The summed E-state index contributed by atoms with van der Waals surface area (Å²) in [5.41, 5.74) is 21.5. The number of ether oxygens (including phenoxy) is 6. The van der Waals surface area contributed by atoms with Crippen molar-refractivity contribution in [2.24, 2.45) is 0 Å². The van der Waals surface area contributed by atoms with Crippen molar-refractivity contribution in [2.45, 2.75) is 73.3 Å². The van der Waals surface area contributed by atoms with Crippen LogP contribution in [-0.4, -0.2) is 103 Å². The summed E-state index contributed by atoms with van der Waals surface area (Å²) in [6, 6.07) is 36.9. The first kappa shape index (κ1) is 92.4. The molecule has 0 aliphatic heterocycles. The van der Waals surface area contributed by atoms with Crippen molar-refractivity contribution in [1.82, 2.24) is 39.9 Å². The average molecular weight is 1680 g/mol. The molecule has 0 saturated heterocycles. The van der Waals surface area contributed by atoms with E-state index in [0.29, 0.717) is 81.5 Å². The van der Waals surface area contributed by atoms with Gasteiger partial charge in [-0.3, -0.25) is 30.3 Å². The normalized spacial score (nSPS) is 9.84. The van der Waals surface area contributed by atoms with E-state index >= 15 is 0 Å². The number of hydrogen-bond acceptors (Lipinski definition) is 23. The van der Waals surface area contributed by atoms with Crippen molar-refractivity contribution in [3.8, 4) is 70.5 Å². The Morgan fingerprint density at radius 2 is 0.694 bits per heavy atom. The van der Waals surface area contributed by atoms with Gasteiger partial charge in [0.1, 0.15) is 57.7 Å². The van der Waals surface area contributed by atoms with Gasteiger partial charge in [0.2, 0.25) is 5.28 Å². The SMILES string of the molecule is C#Cc1cc(OC)cc(OC)c1.CC(C)(C)[O-].COc1cc(C#Cc2cnc(Cc3c(C)cccc3N)nc2)cc(OC)c1.COc1cc(C#Cc2cnc(Cc3c(C)cccc3[N+](=O)[O-])nc2)cc(OC)c1.Cc1cccc([N+](=O)[O-])c1Cc1ncc(Br)cn1.Cc1cccc([N+](=O)[O-])c1N.Clc1ncc(Br)cn1.[K+]. The molecule has 11 rings (SSSR count). The van der Waals surface area contributed by atoms with Crippen LogP contribution in [0.4, 0.5) is 28.4 Å². The van der Waals surface area contributed by atoms with Crippen LogP contribution in [0.25, 0.3) is 0 Å². The van der Waals surface area contributed by atoms with Gasteiger partial charge in [-0.05, 0) is 141 Å². The molecule has 4 aromatic heterocycles. The van der Waals surface area contributed by atoms with E-state index in [-0.39, 0.29) is 95.7 Å². The fourth-order valence-electron chi connectivity index (χ4n) is 9.13. The Bertz CT molecular complexity index is 4980. The fraction of sp³-hybridized carbons (Fsp3) is 0.210. The first-order chi connectivity index (χ1) is 52.4. The number of nitrogens with zero attached hydrogens (tertiary/aromatic N) is 11. The van der Waals surface area contributed by atoms with Crippen molar-refractivity contribution >= 4 is 71.9 Å². The Morgan fingerprint density at radius 3 is 0.991 bits per heavy atom. The zero-order chi connectivity index (χ0) is 81.0. The van der Waals surface area contributed by atoms with Gasteiger partial charge in [-0.1, -0.05) is 98.9 Å². The monoisotopic (exact) mass is 1670 g/mol. The third-order valence-electron chi connectivity index (χ3n) is 14.7. The summed E-state index contributed by atoms with van der Waals surface area (Å²) in [5, 5.41) is 42.9. The summed E-state index contributed by atoms with van der Waals surface area (Å²) in [7, 11) is 9.57. The topological polar surface area (TPSA) is 363 Å². The molecule has 111 heavy (non-hydrogen) atoms. The van der Waals surface area contributed by atoms with Crippen molar-refractivity contribution in [2.75, 3.05) is 54.1 Å². The van der Waals surface area contributed by atoms with E-state index in [1.807, 2.05) is 75.4 Å². The summed E-state index contributed by atoms with van der Waals surface area (Å²) in [6.45, 7) is 12.4. The second-order valence-electron chi connectivity index (χ2n) is 23.9. The van der Waals surface area contributed by atoms with E-state index in [1.165, 1.54) is 18.2 Å². The van der Waals surface area contributed by atoms with E-state index < -0.39 is 10.5 Å². The molecule has 0 radical (unpaired) electrons. The minimum absolute atomic E-state index is 0. The van der Waals surface area contributed by atoms with E-state index in [1.54, 1.807) is 175 Å². The number of para-hydroxylation sites is 1. The zero-order valence-electron chi connectivity index (χ0n) is 63.5. The maximum absolute atomic E-state index is 11.3. The van der Waals surface area contributed by atoms with Gasteiger partial charge in [-0.2, -0.15) is 0 Å². The quantitative estimate of drug-likeness (QED) is 0.0240. The molecule has 0 saturated carbocycles. The number of terminal acetylenes is 1. The summed E-state index contributed by atoms with van der Waals surface area (Å²) < 4.78 is 32.7. The van der Waals surface area contributed by atoms with Gasteiger partial charge in [0.15, 0.2) is 0 Å². The number of nitrogens with two attached hydrogens (primary N) is 2. The third kappa shape index (κ3) is 32.6. The van der Waals surface area contributed by atoms with E-state index in [4.69, 9.17) is 57.9 Å². The molecule has 0 aliphatic rings. The molecule has 0 amide bonds. The number of halogens is 3. The van der Waals surface area contributed by atoms with Crippen LogP contribution in [0.2, 0.25) is 5.28 Å². The number of benzene rings is 7. The summed E-state index contributed by atoms with van der Waals surface area (Å²) in [5.74, 6) is 20.6. The molecule has 4 heterocycles. The van der Waals surface area contributed by atoms with Crippen molar-refractivity contribution in [1.29, 1.82) is 0 Å². The fourth-order valence-corrected chi connectivity index (χ4v) is 9.63. The Morgan fingerprint density at radius 1 is 0.423 bits per heavy atom. The van der Waals surface area contributed by atoms with Gasteiger partial charge >= 0.3 is 51.4 Å². The molecule has 11 aromatic rings. The number of anilines is 2. The van der Waals surface area contributed by atoms with Crippen molar-refractivity contribution in [3.63, 3.8) is 0 Å². The van der Waals surface area contributed by atoms with Gasteiger partial charge in [0.05, 0.1) is 77.5 Å². The first-order valence-electron chi connectivity index (χ1n) is 32.8. The van der Waals surface area contributed by atoms with Gasteiger partial charge in [-0.15, -0.1) is 12.0 Å². The third-order valence-corrected chi connectivity index (χ3v) is 15.7. The smallest absolute Gasteiger partial charge is 0.850 e. The molecular weight excluding hydrogens is 1600 g/mol. The molecule has 0 atom stereocenters. The molecule has 0 spiro atoms. The minimum Gasteiger partial charge on any atom is -0.850 e. The number of nitro benzene ring substituents is 3. The molecule has 568 valence electrons. The number of nitrogen functional groups attached to an aromatic ring is 2. The summed E-state index contributed by atoms with van der Waals surface area (Å²) >= 11 is 11.8. The maximum atomic E-state index is 11.3. The largest absolute Gasteiger partial charge is 1.00 e. The molecule has 30 heteroatoms. The molecule has 26 nitrogen and oxygen atoms in total. The standard InChI is InChI=1S/C22H19N3O4.C22H21N3O2.C12H10BrN3O2.C10H10O2.C7H8N2O2.C4H2BrClN2.C4H9O.K/c1-15-5-4-6-21(25(26)27)20(15)12-22-23-13-17(14-24-22)8-7-16-9-18(28-2)11-19(10-16)29-3;1-15-5-4-6-21(23)20(15)12-22-24-13-17(14-25-22)8-7-16-9-18(26-2)11-19(10-16)27-3;1-8-3-2-4-11(16(17)18)10(8)5-12-14-6-9(13)7-15-12;1-4-8-5-9(11-2)7-10(6-8)12-3;1-5-3-2-4-6(7(5)8)9(10)11;5-3-1-7-4(6)8-2-3;1-4(2,3)5;/h4-6,9-11,13-14H,12H2,1-3H3;4-6,9-11,13-14H,12,23H2,1-3H3;2-4,6-7H,5H2,1H3;1,5-7H,2-3H3;2-4H,8H2,1H3;1-2H;1-3H3;/q;;;;;;-1;+1. The molecule has 0 fully saturated rings. The van der Waals surface area contributed by atoms with Crippen LogP contribution in [-0.2, 0) is 19.3 Å². The van der Waals surface area contributed by atoms with Crippen LogP contribution in [0.1, 0.15) is 105 Å². The van der Waals surface area contributed by atoms with Crippen molar-refractivity contribution in [3.05, 3.63) is 306 Å². The van der Waals surface area contributed by atoms with E-state index in [0.717, 1.165) is 64.7 Å². The van der Waals surface area contributed by atoms with Gasteiger partial charge in [0.25, 0.3) is 17.1 Å². The minimum atomic E-state index is -0.750. The Hall–Kier alpha value is -11.0. The Kier molecular flexibility index (Phi) is 39.2. The predicted octanol–water partition coefficient (Wildman–Crippen LogP) is 12.3. The number of methoxy groups -OCH3 is 6. The van der Waals surface area contributed by atoms with E-state index in [2.05, 4.69) is 101 Å².